The molecule has 29 heavy (non-hydrogen) atoms. The lowest BCUT2D eigenvalue weighted by Gasteiger charge is -2.12. The molecule has 0 aliphatic heterocycles. The SMILES string of the molecule is CC[C@@H](C)NC(=O)Cn1ncc2c3ccccc3n(Cc3ccccc3)c2c1=O. The molecule has 1 N–H and O–H groups in total. The minimum atomic E-state index is -0.256. The summed E-state index contributed by atoms with van der Waals surface area (Å²) in [5.41, 5.74) is 2.40. The quantitative estimate of drug-likeness (QED) is 0.551. The van der Waals surface area contributed by atoms with Crippen LogP contribution in [0.5, 0.6) is 0 Å². The number of hydrogen-bond acceptors (Lipinski definition) is 3. The maximum atomic E-state index is 13.3. The predicted octanol–water partition coefficient (Wildman–Crippen LogP) is 3.31. The molecule has 0 radical (unpaired) electrons. The van der Waals surface area contributed by atoms with Gasteiger partial charge in [-0.15, -0.1) is 0 Å². The van der Waals surface area contributed by atoms with E-state index in [0.29, 0.717) is 12.1 Å². The van der Waals surface area contributed by atoms with E-state index in [2.05, 4.69) is 10.4 Å². The summed E-state index contributed by atoms with van der Waals surface area (Å²) < 4.78 is 3.27. The molecule has 0 saturated heterocycles. The molecule has 148 valence electrons. The number of hydrogen-bond donors (Lipinski definition) is 1. The Morgan fingerprint density at radius 1 is 1.07 bits per heavy atom. The Hall–Kier alpha value is -3.41. The first kappa shape index (κ1) is 18.9. The number of fused-ring (bicyclic) bond motifs is 3. The van der Waals surface area contributed by atoms with Gasteiger partial charge >= 0.3 is 0 Å². The first-order valence-electron chi connectivity index (χ1n) is 9.88. The Bertz CT molecular complexity index is 1220. The van der Waals surface area contributed by atoms with Crippen LogP contribution in [0.3, 0.4) is 0 Å². The number of benzene rings is 2. The third kappa shape index (κ3) is 3.66. The molecule has 2 aromatic heterocycles. The molecule has 0 saturated carbocycles. The Balaban J connectivity index is 1.83. The Morgan fingerprint density at radius 3 is 2.55 bits per heavy atom. The van der Waals surface area contributed by atoms with Gasteiger partial charge in [-0.05, 0) is 25.0 Å². The van der Waals surface area contributed by atoms with E-state index in [-0.39, 0.29) is 24.1 Å². The van der Waals surface area contributed by atoms with Crippen LogP contribution >= 0.6 is 0 Å². The van der Waals surface area contributed by atoms with Gasteiger partial charge in [0.15, 0.2) is 0 Å². The zero-order valence-corrected chi connectivity index (χ0v) is 16.6. The van der Waals surface area contributed by atoms with Crippen LogP contribution in [0.1, 0.15) is 25.8 Å². The molecular weight excluding hydrogens is 364 g/mol. The monoisotopic (exact) mass is 388 g/mol. The molecule has 0 unspecified atom stereocenters. The van der Waals surface area contributed by atoms with Gasteiger partial charge in [-0.1, -0.05) is 55.5 Å². The number of carbonyl (C=O) groups excluding carboxylic acids is 1. The summed E-state index contributed by atoms with van der Waals surface area (Å²) in [6.45, 7) is 4.42. The average Bonchev–Trinajstić information content (AvgIpc) is 3.05. The average molecular weight is 388 g/mol. The molecule has 4 rings (SSSR count). The lowest BCUT2D eigenvalue weighted by Crippen LogP contribution is -2.38. The molecule has 0 bridgehead atoms. The van der Waals surface area contributed by atoms with Gasteiger partial charge in [0.2, 0.25) is 5.91 Å². The van der Waals surface area contributed by atoms with Crippen molar-refractivity contribution in [3.63, 3.8) is 0 Å². The smallest absolute Gasteiger partial charge is 0.291 e. The largest absolute Gasteiger partial charge is 0.352 e. The third-order valence-corrected chi connectivity index (χ3v) is 5.27. The summed E-state index contributed by atoms with van der Waals surface area (Å²) in [4.78, 5) is 25.6. The van der Waals surface area contributed by atoms with Crippen LogP contribution in [0.4, 0.5) is 0 Å². The Kier molecular flexibility index (Phi) is 5.16. The fourth-order valence-corrected chi connectivity index (χ4v) is 3.60. The highest BCUT2D eigenvalue weighted by Crippen LogP contribution is 2.27. The molecule has 2 heterocycles. The molecule has 1 amide bonds. The van der Waals surface area contributed by atoms with Crippen LogP contribution in [-0.2, 0) is 17.9 Å². The molecule has 1 atom stereocenters. The van der Waals surface area contributed by atoms with Crippen molar-refractivity contribution in [3.8, 4) is 0 Å². The van der Waals surface area contributed by atoms with Crippen molar-refractivity contribution < 1.29 is 4.79 Å². The number of para-hydroxylation sites is 1. The van der Waals surface area contributed by atoms with Crippen LogP contribution in [-0.4, -0.2) is 26.3 Å². The van der Waals surface area contributed by atoms with Crippen molar-refractivity contribution in [1.29, 1.82) is 0 Å². The first-order valence-corrected chi connectivity index (χ1v) is 9.88. The summed E-state index contributed by atoms with van der Waals surface area (Å²) in [6.07, 6.45) is 2.52. The van der Waals surface area contributed by atoms with E-state index in [0.717, 1.165) is 28.3 Å². The lowest BCUT2D eigenvalue weighted by atomic mass is 10.2. The predicted molar refractivity (Wildman–Crippen MR) is 115 cm³/mol. The highest BCUT2D eigenvalue weighted by atomic mass is 16.2. The fraction of sp³-hybridized carbons (Fsp3) is 0.261. The first-order chi connectivity index (χ1) is 14.1. The van der Waals surface area contributed by atoms with Gasteiger partial charge < -0.3 is 9.88 Å². The van der Waals surface area contributed by atoms with Crippen molar-refractivity contribution in [2.24, 2.45) is 0 Å². The molecule has 4 aromatic rings. The Labute approximate surface area is 168 Å². The maximum absolute atomic E-state index is 13.3. The molecule has 0 aliphatic rings. The van der Waals surface area contributed by atoms with Crippen LogP contribution < -0.4 is 10.9 Å². The zero-order valence-electron chi connectivity index (χ0n) is 16.6. The van der Waals surface area contributed by atoms with E-state index in [1.54, 1.807) is 6.20 Å². The maximum Gasteiger partial charge on any atom is 0.291 e. The lowest BCUT2D eigenvalue weighted by molar-refractivity contribution is -0.122. The standard InChI is InChI=1S/C23H24N4O2/c1-3-16(2)25-21(28)15-27-23(29)22-19(13-24-27)18-11-7-8-12-20(18)26(22)14-17-9-5-4-6-10-17/h4-13,16H,3,14-15H2,1-2H3,(H,25,28)/t16-/m1/s1. The summed E-state index contributed by atoms with van der Waals surface area (Å²) >= 11 is 0. The molecule has 0 fully saturated rings. The molecule has 2 aromatic carbocycles. The number of nitrogens with zero attached hydrogens (tertiary/aromatic N) is 3. The molecule has 6 nitrogen and oxygen atoms in total. The van der Waals surface area contributed by atoms with Crippen LogP contribution in [0.25, 0.3) is 21.8 Å². The van der Waals surface area contributed by atoms with Crippen LogP contribution in [0.15, 0.2) is 65.6 Å². The number of aromatic nitrogens is 3. The van der Waals surface area contributed by atoms with Gasteiger partial charge in [0.1, 0.15) is 12.1 Å². The van der Waals surface area contributed by atoms with Crippen molar-refractivity contribution in [3.05, 3.63) is 76.7 Å². The second-order valence-electron chi connectivity index (χ2n) is 7.34. The highest BCUT2D eigenvalue weighted by Gasteiger charge is 2.17. The highest BCUT2D eigenvalue weighted by molar-refractivity contribution is 6.07. The van der Waals surface area contributed by atoms with E-state index < -0.39 is 0 Å². The molecule has 6 heteroatoms. The van der Waals surface area contributed by atoms with E-state index in [4.69, 9.17) is 0 Å². The minimum Gasteiger partial charge on any atom is -0.352 e. The van der Waals surface area contributed by atoms with Gasteiger partial charge in [-0.2, -0.15) is 5.10 Å². The minimum absolute atomic E-state index is 0.0615. The third-order valence-electron chi connectivity index (χ3n) is 5.27. The van der Waals surface area contributed by atoms with Crippen molar-refractivity contribution >= 4 is 27.7 Å². The topological polar surface area (TPSA) is 68.9 Å². The summed E-state index contributed by atoms with van der Waals surface area (Å²) in [6, 6.07) is 18.0. The van der Waals surface area contributed by atoms with E-state index in [9.17, 15) is 9.59 Å². The number of carbonyl (C=O) groups is 1. The normalized spacial score (nSPS) is 12.3. The van der Waals surface area contributed by atoms with Crippen molar-refractivity contribution in [2.45, 2.75) is 39.4 Å². The van der Waals surface area contributed by atoms with Gasteiger partial charge in [0.05, 0.1) is 6.20 Å². The number of nitrogens with one attached hydrogen (secondary N) is 1. The second kappa shape index (κ2) is 7.91. The van der Waals surface area contributed by atoms with Gasteiger partial charge in [-0.3, -0.25) is 9.59 Å². The second-order valence-corrected chi connectivity index (χ2v) is 7.34. The fourth-order valence-electron chi connectivity index (χ4n) is 3.60. The van der Waals surface area contributed by atoms with E-state index in [1.165, 1.54) is 4.68 Å². The van der Waals surface area contributed by atoms with Crippen LogP contribution in [0.2, 0.25) is 0 Å². The summed E-state index contributed by atoms with van der Waals surface area (Å²) in [5, 5.41) is 8.96. The van der Waals surface area contributed by atoms with Crippen molar-refractivity contribution in [1.82, 2.24) is 19.7 Å². The summed E-state index contributed by atoms with van der Waals surface area (Å²) in [5.74, 6) is -0.209. The van der Waals surface area contributed by atoms with Gasteiger partial charge in [-0.25, -0.2) is 4.68 Å². The van der Waals surface area contributed by atoms with E-state index >= 15 is 0 Å². The number of amides is 1. The van der Waals surface area contributed by atoms with Crippen molar-refractivity contribution in [2.75, 3.05) is 0 Å². The zero-order chi connectivity index (χ0) is 20.4. The Morgan fingerprint density at radius 2 is 1.79 bits per heavy atom. The van der Waals surface area contributed by atoms with Crippen LogP contribution in [0, 0.1) is 0 Å². The van der Waals surface area contributed by atoms with Gasteiger partial charge in [0, 0.05) is 28.9 Å². The van der Waals surface area contributed by atoms with Gasteiger partial charge in [0.25, 0.3) is 5.56 Å². The molecule has 0 spiro atoms. The molecule has 0 aliphatic carbocycles. The van der Waals surface area contributed by atoms with E-state index in [1.807, 2.05) is 73.0 Å². The summed E-state index contributed by atoms with van der Waals surface area (Å²) in [7, 11) is 0. The molecular formula is C23H24N4O2. The number of rotatable bonds is 6.